The number of hydrogen-bond donors (Lipinski definition) is 1. The number of phenolic OH excluding ortho intramolecular Hbond substituents is 1. The Morgan fingerprint density at radius 3 is 1.34 bits per heavy atom. The van der Waals surface area contributed by atoms with Gasteiger partial charge in [0.2, 0.25) is 11.8 Å². The number of carbonyl (C=O) groups is 1. The zero-order chi connectivity index (χ0) is 40.7. The molecule has 2 aliphatic heterocycles. The quantitative estimate of drug-likeness (QED) is 0.103. The third-order valence-electron chi connectivity index (χ3n) is 8.85. The summed E-state index contributed by atoms with van der Waals surface area (Å²) < 4.78 is 57.1. The van der Waals surface area contributed by atoms with E-state index in [-0.39, 0.29) is 210 Å². The van der Waals surface area contributed by atoms with Crippen molar-refractivity contribution in [1.82, 2.24) is 9.97 Å². The Kier molecular flexibility index (Phi) is 32.0. The Labute approximate surface area is 467 Å². The average molecular weight is 1050 g/mol. The van der Waals surface area contributed by atoms with Crippen LogP contribution in [0.3, 0.4) is 0 Å². The van der Waals surface area contributed by atoms with Crippen molar-refractivity contribution in [3.63, 3.8) is 0 Å². The topological polar surface area (TPSA) is 142 Å². The number of ether oxygens (including phenoxy) is 1. The van der Waals surface area contributed by atoms with E-state index in [0.717, 1.165) is 27.8 Å². The van der Waals surface area contributed by atoms with E-state index in [1.54, 1.807) is 24.4 Å². The first kappa shape index (κ1) is 62.0. The number of nitrogens with zero attached hydrogens (tertiary/aromatic N) is 2. The molecule has 0 amide bonds. The summed E-state index contributed by atoms with van der Waals surface area (Å²) >= 11 is 0. The number of rotatable bonds is 5. The molecular formula is C41H62B2Cs2F2N2O9. The molecule has 0 saturated carbocycles. The molecule has 0 bridgehead atoms. The predicted octanol–water partition coefficient (Wildman–Crippen LogP) is 1.75. The van der Waals surface area contributed by atoms with Crippen molar-refractivity contribution >= 4 is 31.6 Å². The largest absolute Gasteiger partial charge is 1.00 e. The fourth-order valence-corrected chi connectivity index (χ4v) is 4.37. The van der Waals surface area contributed by atoms with Gasteiger partial charge in [0.05, 0.1) is 30.9 Å². The average Bonchev–Trinajstić information content (AvgIpc) is 3.48. The second-order valence-electron chi connectivity index (χ2n) is 14.0. The molecule has 58 heavy (non-hydrogen) atoms. The second kappa shape index (κ2) is 29.9. The molecule has 0 aliphatic carbocycles. The molecular weight excluding hydrogens is 990 g/mol. The van der Waals surface area contributed by atoms with Gasteiger partial charge in [0.15, 0.2) is 0 Å². The van der Waals surface area contributed by atoms with Crippen molar-refractivity contribution in [3.8, 4) is 17.4 Å². The molecule has 0 spiro atoms. The van der Waals surface area contributed by atoms with Crippen molar-refractivity contribution in [1.29, 1.82) is 0 Å². The first-order chi connectivity index (χ1) is 25.2. The molecule has 312 valence electrons. The van der Waals surface area contributed by atoms with E-state index in [1.165, 1.54) is 12.3 Å². The minimum absolute atomic E-state index is 0. The van der Waals surface area contributed by atoms with Crippen molar-refractivity contribution in [2.24, 2.45) is 0 Å². The van der Waals surface area contributed by atoms with E-state index >= 15 is 0 Å². The summed E-state index contributed by atoms with van der Waals surface area (Å²) in [7, 11) is -1.71. The van der Waals surface area contributed by atoms with Crippen molar-refractivity contribution in [2.45, 2.75) is 114 Å². The smallest absolute Gasteiger partial charge is 1.00 e. The third-order valence-corrected chi connectivity index (χ3v) is 8.85. The fraction of sp³-hybridized carbons (Fsp3) is 0.439. The molecule has 17 heteroatoms. The normalized spacial score (nSPS) is 15.6. The molecule has 0 atom stereocenters. The summed E-state index contributed by atoms with van der Waals surface area (Å²) in [4.78, 5) is 18.9. The van der Waals surface area contributed by atoms with Crippen LogP contribution < -0.4 is 159 Å². The Balaban J connectivity index is -0.000000239. The number of alkyl halides is 1. The van der Waals surface area contributed by atoms with Crippen LogP contribution in [0.15, 0.2) is 85.2 Å². The second-order valence-corrected chi connectivity index (χ2v) is 14.0. The molecule has 2 saturated heterocycles. The summed E-state index contributed by atoms with van der Waals surface area (Å²) in [6, 6.07) is 21.5. The molecule has 6 rings (SSSR count). The van der Waals surface area contributed by atoms with Crippen LogP contribution >= 0.6 is 0 Å². The van der Waals surface area contributed by atoms with Gasteiger partial charge in [-0.25, -0.2) is 9.97 Å². The van der Waals surface area contributed by atoms with Crippen molar-refractivity contribution in [2.75, 3.05) is 7.15 Å². The Hall–Kier alpha value is -0.296. The molecule has 2 aliphatic rings. The number of aryl methyl sites for hydroxylation is 2. The van der Waals surface area contributed by atoms with E-state index in [9.17, 15) is 13.9 Å². The van der Waals surface area contributed by atoms with Crippen LogP contribution in [0.25, 0.3) is 0 Å². The van der Waals surface area contributed by atoms with Crippen LogP contribution in [0.4, 0.5) is 8.78 Å². The molecule has 2 aromatic heterocycles. The number of halogens is 2. The fourth-order valence-electron chi connectivity index (χ4n) is 4.37. The maximum atomic E-state index is 12.0. The van der Waals surface area contributed by atoms with E-state index < -0.39 is 13.1 Å². The van der Waals surface area contributed by atoms with Crippen LogP contribution in [-0.4, -0.2) is 65.3 Å². The molecule has 2 fully saturated rings. The first-order valence-electron chi connectivity index (χ1n) is 17.3. The molecule has 4 heterocycles. The van der Waals surface area contributed by atoms with Gasteiger partial charge < -0.3 is 40.0 Å². The van der Waals surface area contributed by atoms with E-state index in [4.69, 9.17) is 34.8 Å². The summed E-state index contributed by atoms with van der Waals surface area (Å²) in [5, 5.41) is 17.7. The van der Waals surface area contributed by atoms with Gasteiger partial charge in [-0.15, -0.1) is 0 Å². The van der Waals surface area contributed by atoms with E-state index in [0.29, 0.717) is 5.88 Å². The number of phenols is 1. The molecule has 1 N–H and O–H groups in total. The van der Waals surface area contributed by atoms with Gasteiger partial charge in [0.25, 0.3) is 6.47 Å². The first-order valence-corrected chi connectivity index (χ1v) is 16.6. The van der Waals surface area contributed by atoms with E-state index in [2.05, 4.69) is 14.9 Å². The molecule has 2 aromatic carbocycles. The Morgan fingerprint density at radius 1 is 0.707 bits per heavy atom. The van der Waals surface area contributed by atoms with Crippen molar-refractivity contribution < 1.29 is 193 Å². The van der Waals surface area contributed by atoms with Crippen LogP contribution in [0.5, 0.6) is 17.4 Å². The number of hydrogen-bond acceptors (Lipinski definition) is 11. The predicted molar refractivity (Wildman–Crippen MR) is 219 cm³/mol. The number of carbonyl (C=O) groups excluding carboxylic acids is 1. The van der Waals surface area contributed by atoms with Crippen LogP contribution in [-0.2, 0) is 28.3 Å². The zero-order valence-electron chi connectivity index (χ0n) is 35.9. The van der Waals surface area contributed by atoms with E-state index in [1.807, 2.05) is 118 Å². The number of benzene rings is 2. The van der Waals surface area contributed by atoms with Gasteiger partial charge in [0.1, 0.15) is 11.5 Å². The van der Waals surface area contributed by atoms with Gasteiger partial charge >= 0.3 is 152 Å². The van der Waals surface area contributed by atoms with Crippen molar-refractivity contribution in [3.05, 3.63) is 102 Å². The molecule has 0 radical (unpaired) electrons. The zero-order valence-corrected chi connectivity index (χ0v) is 46.4. The minimum atomic E-state index is -1.00. The van der Waals surface area contributed by atoms with Gasteiger partial charge in [0, 0.05) is 18.5 Å². The van der Waals surface area contributed by atoms with Gasteiger partial charge in [-0.2, -0.15) is 4.39 Å². The van der Waals surface area contributed by atoms with Crippen LogP contribution in [0.1, 0.15) is 91.6 Å². The standard InChI is InChI=1S/C18H22BNO3.C12H17BO3.C6H6FN.CH3F.CH2O3.3CH4.2Cs.H/c1-13-6-11-16(20-12-13)21-15-9-7-14(8-10-15)19-22-17(2,3)18(4,5)23-19;1-11(2)12(3,4)16-13(15-11)9-5-7-10(14)8-6-9;1-5-2-3-6(7)8-4-5;1-2;2-1-4-3;;;;;;/h6-12H,1-5H3;5-8,14H,1-4H3;2-4H,1H3;1H3;1,3H;3*1H4;;;/q;;;;;;;;2*+1;-1/p-1/i;;;1D;;;;;;;. The Morgan fingerprint density at radius 2 is 1.05 bits per heavy atom. The number of aromatic hydroxyl groups is 1. The van der Waals surface area contributed by atoms with Gasteiger partial charge in [-0.05, 0) is 122 Å². The Bertz CT molecular complexity index is 1670. The van der Waals surface area contributed by atoms with Crippen LogP contribution in [0, 0.1) is 19.8 Å². The monoisotopic (exact) mass is 1050 g/mol. The summed E-state index contributed by atoms with van der Waals surface area (Å²) in [5.74, 6) is 1.15. The van der Waals surface area contributed by atoms with Gasteiger partial charge in [-0.3, -0.25) is 9.18 Å². The third kappa shape index (κ3) is 20.3. The number of pyridine rings is 2. The maximum absolute atomic E-state index is 12.0. The minimum Gasteiger partial charge on any atom is -1.00 e. The maximum Gasteiger partial charge on any atom is 1.00 e. The summed E-state index contributed by atoms with van der Waals surface area (Å²) in [5.41, 5.74) is 2.67. The molecule has 4 aromatic rings. The summed E-state index contributed by atoms with van der Waals surface area (Å²) in [6.07, 6.45) is 3.28. The van der Waals surface area contributed by atoms with Gasteiger partial charge in [-0.1, -0.05) is 58.7 Å². The summed E-state index contributed by atoms with van der Waals surface area (Å²) in [6.45, 7) is 20.0. The molecule has 0 unspecified atom stereocenters. The SMILES string of the molecule is C.C.C.CC1(C)OB(c2ccc(O)cc2)OC1(C)C.Cc1ccc(F)nc1.Cc1ccc(Oc2ccc(B3OC(C)(C)C(C)(C)O3)cc2)nc1.O=CO[O-].[2H]CF.[Cs+].[Cs+].[H-]. The number of aromatic nitrogens is 2. The molecule has 11 nitrogen and oxygen atoms in total. The van der Waals surface area contributed by atoms with Crippen LogP contribution in [0.2, 0.25) is 0 Å².